The van der Waals surface area contributed by atoms with Crippen LogP contribution in [0.4, 0.5) is 10.1 Å². The van der Waals surface area contributed by atoms with E-state index >= 15 is 0 Å². The number of nitrogens with zero attached hydrogens (tertiary/aromatic N) is 1. The van der Waals surface area contributed by atoms with E-state index in [9.17, 15) is 14.0 Å². The van der Waals surface area contributed by atoms with Crippen molar-refractivity contribution in [2.45, 2.75) is 26.2 Å². The van der Waals surface area contributed by atoms with Crippen LogP contribution < -0.4 is 15.5 Å². The lowest BCUT2D eigenvalue weighted by Crippen LogP contribution is -2.22. The molecule has 170 valence electrons. The smallest absolute Gasteiger partial charge is 0.291 e. The predicted molar refractivity (Wildman–Crippen MR) is 123 cm³/mol. The second-order valence-electron chi connectivity index (χ2n) is 7.51. The van der Waals surface area contributed by atoms with Gasteiger partial charge in [-0.25, -0.2) is 9.82 Å². The van der Waals surface area contributed by atoms with E-state index in [2.05, 4.69) is 15.8 Å². The van der Waals surface area contributed by atoms with Crippen LogP contribution >= 0.6 is 11.6 Å². The molecule has 9 heteroatoms. The van der Waals surface area contributed by atoms with Crippen LogP contribution in [0.2, 0.25) is 5.02 Å². The molecule has 33 heavy (non-hydrogen) atoms. The van der Waals surface area contributed by atoms with E-state index in [1.54, 1.807) is 25.1 Å². The highest BCUT2D eigenvalue weighted by molar-refractivity contribution is 6.31. The van der Waals surface area contributed by atoms with Gasteiger partial charge in [0.15, 0.2) is 5.76 Å². The SMILES string of the molecule is COc1ccc(Cl)cc1NC(=O)c1oc2c(c1C)/C(=N/NC(=O)c1ccc(F)cc1)CCC2. The number of aryl methyl sites for hydroxylation is 1. The average Bonchev–Trinajstić information content (AvgIpc) is 3.15. The standard InChI is InChI=1S/C24H21ClFN3O4/c1-13-21-17(28-29-23(30)14-6-9-16(26)10-7-14)4-3-5-20(21)33-22(13)24(31)27-18-12-15(25)8-11-19(18)32-2/h6-12H,3-5H2,1-2H3,(H,27,31)(H,29,30)/b28-17+. The van der Waals surface area contributed by atoms with Crippen molar-refractivity contribution in [1.29, 1.82) is 0 Å². The Morgan fingerprint density at radius 1 is 1.12 bits per heavy atom. The summed E-state index contributed by atoms with van der Waals surface area (Å²) in [6.45, 7) is 1.77. The molecule has 1 aliphatic carbocycles. The number of hydrazone groups is 1. The Balaban J connectivity index is 1.58. The highest BCUT2D eigenvalue weighted by Gasteiger charge is 2.28. The number of carbonyl (C=O) groups excluding carboxylic acids is 2. The Bertz CT molecular complexity index is 1250. The molecule has 3 aromatic rings. The minimum absolute atomic E-state index is 0.154. The van der Waals surface area contributed by atoms with Gasteiger partial charge < -0.3 is 14.5 Å². The molecule has 4 rings (SSSR count). The number of nitrogens with one attached hydrogen (secondary N) is 2. The molecule has 0 aliphatic heterocycles. The second-order valence-corrected chi connectivity index (χ2v) is 7.95. The molecule has 0 bridgehead atoms. The summed E-state index contributed by atoms with van der Waals surface area (Å²) in [4.78, 5) is 25.3. The summed E-state index contributed by atoms with van der Waals surface area (Å²) in [6, 6.07) is 10.1. The first-order valence-corrected chi connectivity index (χ1v) is 10.6. The lowest BCUT2D eigenvalue weighted by molar-refractivity contribution is 0.0953. The fourth-order valence-electron chi connectivity index (χ4n) is 3.74. The van der Waals surface area contributed by atoms with E-state index in [0.717, 1.165) is 6.42 Å². The number of hydrogen-bond acceptors (Lipinski definition) is 5. The Morgan fingerprint density at radius 3 is 2.61 bits per heavy atom. The van der Waals surface area contributed by atoms with Crippen LogP contribution in [-0.4, -0.2) is 24.6 Å². The van der Waals surface area contributed by atoms with Gasteiger partial charge in [-0.05, 0) is 62.2 Å². The molecule has 2 amide bonds. The number of halogens is 2. The van der Waals surface area contributed by atoms with Crippen LogP contribution in [0, 0.1) is 12.7 Å². The van der Waals surface area contributed by atoms with E-state index in [-0.39, 0.29) is 11.3 Å². The zero-order chi connectivity index (χ0) is 23.5. The third kappa shape index (κ3) is 4.75. The first-order chi connectivity index (χ1) is 15.9. The van der Waals surface area contributed by atoms with Crippen LogP contribution in [0.15, 0.2) is 52.0 Å². The molecule has 7 nitrogen and oxygen atoms in total. The summed E-state index contributed by atoms with van der Waals surface area (Å²) in [5, 5.41) is 7.50. The van der Waals surface area contributed by atoms with Gasteiger partial charge in [0.1, 0.15) is 17.3 Å². The second kappa shape index (κ2) is 9.46. The first-order valence-electron chi connectivity index (χ1n) is 10.3. The van der Waals surface area contributed by atoms with Crippen molar-refractivity contribution in [2.24, 2.45) is 5.10 Å². The van der Waals surface area contributed by atoms with Gasteiger partial charge >= 0.3 is 0 Å². The highest BCUT2D eigenvalue weighted by atomic mass is 35.5. The van der Waals surface area contributed by atoms with Gasteiger partial charge in [-0.2, -0.15) is 5.10 Å². The van der Waals surface area contributed by atoms with Crippen LogP contribution in [0.5, 0.6) is 5.75 Å². The fraction of sp³-hybridized carbons (Fsp3) is 0.208. The Labute approximate surface area is 194 Å². The third-order valence-electron chi connectivity index (χ3n) is 5.34. The summed E-state index contributed by atoms with van der Waals surface area (Å²) in [7, 11) is 1.50. The largest absolute Gasteiger partial charge is 0.495 e. The molecular weight excluding hydrogens is 449 g/mol. The normalized spacial score (nSPS) is 14.0. The van der Waals surface area contributed by atoms with Gasteiger partial charge in [0.25, 0.3) is 11.8 Å². The lowest BCUT2D eigenvalue weighted by atomic mass is 9.93. The minimum atomic E-state index is -0.457. The van der Waals surface area contributed by atoms with Gasteiger partial charge in [-0.15, -0.1) is 0 Å². The zero-order valence-corrected chi connectivity index (χ0v) is 18.8. The van der Waals surface area contributed by atoms with Crippen molar-refractivity contribution in [3.05, 3.63) is 81.5 Å². The number of anilines is 1. The third-order valence-corrected chi connectivity index (χ3v) is 5.58. The molecule has 0 saturated heterocycles. The van der Waals surface area contributed by atoms with Crippen molar-refractivity contribution >= 4 is 34.8 Å². The number of benzene rings is 2. The number of hydrogen-bond donors (Lipinski definition) is 2. The molecule has 0 unspecified atom stereocenters. The van der Waals surface area contributed by atoms with Gasteiger partial charge in [0.2, 0.25) is 0 Å². The topological polar surface area (TPSA) is 92.9 Å². The number of methoxy groups -OCH3 is 1. The summed E-state index contributed by atoms with van der Waals surface area (Å²) in [5.41, 5.74) is 5.17. The number of carbonyl (C=O) groups is 2. The number of rotatable bonds is 5. The fourth-order valence-corrected chi connectivity index (χ4v) is 3.91. The minimum Gasteiger partial charge on any atom is -0.495 e. The van der Waals surface area contributed by atoms with Crippen molar-refractivity contribution in [3.8, 4) is 5.75 Å². The van der Waals surface area contributed by atoms with Crippen molar-refractivity contribution < 1.29 is 23.1 Å². The number of ether oxygens (including phenoxy) is 1. The van der Waals surface area contributed by atoms with Crippen molar-refractivity contribution in [2.75, 3.05) is 12.4 Å². The van der Waals surface area contributed by atoms with E-state index in [0.29, 0.717) is 51.9 Å². The zero-order valence-electron chi connectivity index (χ0n) is 18.0. The summed E-state index contributed by atoms with van der Waals surface area (Å²) < 4.78 is 24.3. The molecule has 1 aromatic heterocycles. The molecule has 0 radical (unpaired) electrons. The number of fused-ring (bicyclic) bond motifs is 1. The number of furan rings is 1. The molecule has 1 aliphatic rings. The molecular formula is C24H21ClFN3O4. The molecule has 0 fully saturated rings. The molecule has 0 saturated carbocycles. The maximum Gasteiger partial charge on any atom is 0.291 e. The van der Waals surface area contributed by atoms with E-state index < -0.39 is 17.6 Å². The van der Waals surface area contributed by atoms with Gasteiger partial charge in [-0.3, -0.25) is 9.59 Å². The quantitative estimate of drug-likeness (QED) is 0.508. The van der Waals surface area contributed by atoms with E-state index in [4.69, 9.17) is 20.8 Å². The summed E-state index contributed by atoms with van der Waals surface area (Å²) >= 11 is 6.05. The Hall–Kier alpha value is -3.65. The Morgan fingerprint density at radius 2 is 1.88 bits per heavy atom. The van der Waals surface area contributed by atoms with Crippen LogP contribution in [-0.2, 0) is 6.42 Å². The molecule has 2 N–H and O–H groups in total. The van der Waals surface area contributed by atoms with Crippen LogP contribution in [0.3, 0.4) is 0 Å². The van der Waals surface area contributed by atoms with Crippen LogP contribution in [0.25, 0.3) is 0 Å². The highest BCUT2D eigenvalue weighted by Crippen LogP contribution is 2.32. The van der Waals surface area contributed by atoms with E-state index in [1.165, 1.54) is 31.4 Å². The summed E-state index contributed by atoms with van der Waals surface area (Å²) in [5.74, 6) is -0.0744. The maximum atomic E-state index is 13.1. The predicted octanol–water partition coefficient (Wildman–Crippen LogP) is 5.11. The number of amides is 2. The molecule has 0 spiro atoms. The Kier molecular flexibility index (Phi) is 6.46. The maximum absolute atomic E-state index is 13.1. The van der Waals surface area contributed by atoms with Gasteiger partial charge in [0, 0.05) is 28.1 Å². The average molecular weight is 470 g/mol. The monoisotopic (exact) mass is 469 g/mol. The van der Waals surface area contributed by atoms with Gasteiger partial charge in [0.05, 0.1) is 18.5 Å². The van der Waals surface area contributed by atoms with Crippen molar-refractivity contribution in [3.63, 3.8) is 0 Å². The van der Waals surface area contributed by atoms with Crippen LogP contribution in [0.1, 0.15) is 50.6 Å². The van der Waals surface area contributed by atoms with E-state index in [1.807, 2.05) is 0 Å². The lowest BCUT2D eigenvalue weighted by Gasteiger charge is -2.13. The molecule has 2 aromatic carbocycles. The molecule has 1 heterocycles. The summed E-state index contributed by atoms with van der Waals surface area (Å²) in [6.07, 6.45) is 2.02. The van der Waals surface area contributed by atoms with Gasteiger partial charge in [-0.1, -0.05) is 11.6 Å². The first kappa shape index (κ1) is 22.5. The van der Waals surface area contributed by atoms with Crippen molar-refractivity contribution in [1.82, 2.24) is 5.43 Å². The molecule has 0 atom stereocenters.